The number of aliphatic hydroxyl groups excluding tert-OH is 1. The fourth-order valence-electron chi connectivity index (χ4n) is 4.37. The Hall–Kier alpha value is -3.45. The van der Waals surface area contributed by atoms with E-state index in [1.54, 1.807) is 0 Å². The molecule has 7 nitrogen and oxygen atoms in total. The molecule has 0 spiro atoms. The van der Waals surface area contributed by atoms with Gasteiger partial charge in [-0.1, -0.05) is 31.9 Å². The molecular weight excluding hydrogens is 424 g/mol. The zero-order valence-electron chi connectivity index (χ0n) is 18.5. The fourth-order valence-corrected chi connectivity index (χ4v) is 4.37. The third-order valence-corrected chi connectivity index (χ3v) is 6.03. The van der Waals surface area contributed by atoms with Gasteiger partial charge in [0, 0.05) is 22.9 Å². The molecule has 0 bridgehead atoms. The molecule has 0 aliphatic carbocycles. The van der Waals surface area contributed by atoms with Crippen LogP contribution >= 0.6 is 0 Å². The normalized spacial score (nSPS) is 13.5. The lowest BCUT2D eigenvalue weighted by atomic mass is 9.89. The van der Waals surface area contributed by atoms with Crippen LogP contribution in [0.15, 0.2) is 36.4 Å². The number of carbonyl (C=O) groups is 1. The van der Waals surface area contributed by atoms with Crippen LogP contribution in [0.1, 0.15) is 43.7 Å². The number of hydrogen-bond acceptors (Lipinski definition) is 7. The van der Waals surface area contributed by atoms with Crippen molar-refractivity contribution in [2.45, 2.75) is 45.8 Å². The average molecular weight is 450 g/mol. The minimum atomic E-state index is -0.248. The highest BCUT2D eigenvalue weighted by Crippen LogP contribution is 2.47. The number of rotatable bonds is 8. The Morgan fingerprint density at radius 2 is 1.76 bits per heavy atom. The molecule has 7 heteroatoms. The molecule has 0 radical (unpaired) electrons. The maximum absolute atomic E-state index is 12.4. The summed E-state index contributed by atoms with van der Waals surface area (Å²) in [5.41, 5.74) is 3.09. The van der Waals surface area contributed by atoms with Gasteiger partial charge in [0.2, 0.25) is 13.6 Å². The minimum absolute atomic E-state index is 0.0467. The van der Waals surface area contributed by atoms with Gasteiger partial charge < -0.3 is 28.8 Å². The van der Waals surface area contributed by atoms with Crippen molar-refractivity contribution < 1.29 is 33.6 Å². The second-order valence-corrected chi connectivity index (χ2v) is 8.13. The summed E-state index contributed by atoms with van der Waals surface area (Å²) in [4.78, 5) is 12.4. The molecule has 0 amide bonds. The van der Waals surface area contributed by atoms with Crippen LogP contribution in [0.2, 0.25) is 0 Å². The molecule has 3 aromatic rings. The maximum atomic E-state index is 12.4. The summed E-state index contributed by atoms with van der Waals surface area (Å²) >= 11 is 0. The Bertz CT molecular complexity index is 1200. The number of esters is 1. The average Bonchev–Trinajstić information content (AvgIpc) is 3.50. The summed E-state index contributed by atoms with van der Waals surface area (Å²) in [6, 6.07) is 11.4. The van der Waals surface area contributed by atoms with Gasteiger partial charge in [0.1, 0.15) is 6.61 Å². The van der Waals surface area contributed by atoms with Crippen molar-refractivity contribution in [3.63, 3.8) is 0 Å². The Morgan fingerprint density at radius 3 is 2.61 bits per heavy atom. The first-order valence-electron chi connectivity index (χ1n) is 11.2. The van der Waals surface area contributed by atoms with E-state index in [1.807, 2.05) is 36.4 Å². The fraction of sp³-hybridized carbons (Fsp3) is 0.346. The number of carbonyl (C=O) groups excluding carboxylic acids is 1. The van der Waals surface area contributed by atoms with Gasteiger partial charge in [-0.2, -0.15) is 0 Å². The predicted molar refractivity (Wildman–Crippen MR) is 121 cm³/mol. The first kappa shape index (κ1) is 21.4. The molecule has 0 saturated heterocycles. The number of hydrogen-bond donors (Lipinski definition) is 1. The van der Waals surface area contributed by atoms with Gasteiger partial charge >= 0.3 is 5.97 Å². The van der Waals surface area contributed by atoms with Crippen LogP contribution in [0.4, 0.5) is 0 Å². The van der Waals surface area contributed by atoms with Crippen LogP contribution in [0.3, 0.4) is 0 Å². The molecule has 2 aliphatic heterocycles. The summed E-state index contributed by atoms with van der Waals surface area (Å²) < 4.78 is 28.2. The molecule has 0 aromatic heterocycles. The summed E-state index contributed by atoms with van der Waals surface area (Å²) in [5.74, 6) is 2.36. The third-order valence-electron chi connectivity index (χ3n) is 6.03. The number of benzene rings is 3. The second-order valence-electron chi connectivity index (χ2n) is 8.13. The molecule has 0 atom stereocenters. The lowest BCUT2D eigenvalue weighted by Crippen LogP contribution is -2.08. The molecular formula is C26H26O7. The molecule has 3 aromatic carbocycles. The summed E-state index contributed by atoms with van der Waals surface area (Å²) in [7, 11) is 0. The van der Waals surface area contributed by atoms with Crippen LogP contribution in [0, 0.1) is 0 Å². The third kappa shape index (κ3) is 4.04. The van der Waals surface area contributed by atoms with E-state index in [9.17, 15) is 9.90 Å². The maximum Gasteiger partial charge on any atom is 0.306 e. The molecule has 5 rings (SSSR count). The Balaban J connectivity index is 1.64. The lowest BCUT2D eigenvalue weighted by molar-refractivity contribution is -0.145. The lowest BCUT2D eigenvalue weighted by Gasteiger charge is -2.19. The molecule has 2 heterocycles. The van der Waals surface area contributed by atoms with E-state index in [1.165, 1.54) is 0 Å². The van der Waals surface area contributed by atoms with Crippen LogP contribution in [0.5, 0.6) is 23.0 Å². The van der Waals surface area contributed by atoms with Gasteiger partial charge in [0.15, 0.2) is 23.0 Å². The smallest absolute Gasteiger partial charge is 0.306 e. The second kappa shape index (κ2) is 9.19. The topological polar surface area (TPSA) is 83.5 Å². The van der Waals surface area contributed by atoms with E-state index in [-0.39, 0.29) is 32.8 Å². The van der Waals surface area contributed by atoms with Crippen LogP contribution in [-0.4, -0.2) is 24.7 Å². The summed E-state index contributed by atoms with van der Waals surface area (Å²) in [5, 5.41) is 11.9. The van der Waals surface area contributed by atoms with Gasteiger partial charge in [0.25, 0.3) is 0 Å². The van der Waals surface area contributed by atoms with Crippen molar-refractivity contribution in [1.82, 2.24) is 0 Å². The monoisotopic (exact) mass is 450 g/mol. The SMILES string of the molecule is CCCCCC(=O)OCc1c(CO)cc2ccc3c(c2c1-c1ccc2c(c1)OCO2)OCO3. The van der Waals surface area contributed by atoms with Gasteiger partial charge in [0.05, 0.1) is 6.61 Å². The van der Waals surface area contributed by atoms with E-state index < -0.39 is 0 Å². The van der Waals surface area contributed by atoms with Crippen LogP contribution in [-0.2, 0) is 22.7 Å². The number of unbranched alkanes of at least 4 members (excludes halogenated alkanes) is 2. The summed E-state index contributed by atoms with van der Waals surface area (Å²) in [6.07, 6.45) is 3.20. The van der Waals surface area contributed by atoms with Crippen LogP contribution in [0.25, 0.3) is 21.9 Å². The highest BCUT2D eigenvalue weighted by molar-refractivity contribution is 6.05. The summed E-state index contributed by atoms with van der Waals surface area (Å²) in [6.45, 7) is 2.26. The Morgan fingerprint density at radius 1 is 0.970 bits per heavy atom. The van der Waals surface area contributed by atoms with Crippen molar-refractivity contribution in [2.24, 2.45) is 0 Å². The molecule has 33 heavy (non-hydrogen) atoms. The van der Waals surface area contributed by atoms with E-state index in [2.05, 4.69) is 6.92 Å². The zero-order chi connectivity index (χ0) is 22.8. The van der Waals surface area contributed by atoms with Crippen molar-refractivity contribution >= 4 is 16.7 Å². The van der Waals surface area contributed by atoms with Gasteiger partial charge in [-0.25, -0.2) is 0 Å². The Labute approximate surface area is 191 Å². The highest BCUT2D eigenvalue weighted by atomic mass is 16.7. The molecule has 0 saturated carbocycles. The van der Waals surface area contributed by atoms with Crippen LogP contribution < -0.4 is 18.9 Å². The van der Waals surface area contributed by atoms with Gasteiger partial charge in [-0.15, -0.1) is 0 Å². The van der Waals surface area contributed by atoms with Gasteiger partial charge in [-0.3, -0.25) is 4.79 Å². The molecule has 1 N–H and O–H groups in total. The van der Waals surface area contributed by atoms with Crippen molar-refractivity contribution in [3.8, 4) is 34.1 Å². The highest BCUT2D eigenvalue weighted by Gasteiger charge is 2.25. The first-order chi connectivity index (χ1) is 16.2. The van der Waals surface area contributed by atoms with Crippen molar-refractivity contribution in [3.05, 3.63) is 47.5 Å². The molecule has 0 fully saturated rings. The Kier molecular flexibility index (Phi) is 5.96. The molecule has 172 valence electrons. The quantitative estimate of drug-likeness (QED) is 0.378. The number of ether oxygens (including phenoxy) is 5. The molecule has 0 unspecified atom stereocenters. The van der Waals surface area contributed by atoms with Crippen molar-refractivity contribution in [2.75, 3.05) is 13.6 Å². The molecule has 2 aliphatic rings. The minimum Gasteiger partial charge on any atom is -0.461 e. The van der Waals surface area contributed by atoms with E-state index >= 15 is 0 Å². The van der Waals surface area contributed by atoms with E-state index in [0.717, 1.165) is 46.7 Å². The van der Waals surface area contributed by atoms with Gasteiger partial charge in [-0.05, 0) is 47.2 Å². The zero-order valence-corrected chi connectivity index (χ0v) is 18.5. The first-order valence-corrected chi connectivity index (χ1v) is 11.2. The number of aliphatic hydroxyl groups is 1. The predicted octanol–water partition coefficient (Wildman–Crippen LogP) is 5.08. The van der Waals surface area contributed by atoms with E-state index in [4.69, 9.17) is 23.7 Å². The van der Waals surface area contributed by atoms with E-state index in [0.29, 0.717) is 35.0 Å². The standard InChI is InChI=1S/C26H26O7/c1-2-3-4-5-23(28)29-13-19-18(12-27)10-16-7-9-21-26(33-15-31-21)25(16)24(19)17-6-8-20-22(11-17)32-14-30-20/h6-11,27H,2-5,12-15H2,1H3. The van der Waals surface area contributed by atoms with Crippen molar-refractivity contribution in [1.29, 1.82) is 0 Å². The largest absolute Gasteiger partial charge is 0.461 e. The number of fused-ring (bicyclic) bond motifs is 4.